The number of rotatable bonds is 3. The molecule has 0 amide bonds. The Hall–Kier alpha value is -1.40. The molecule has 2 aromatic rings. The highest BCUT2D eigenvalue weighted by Gasteiger charge is 2.14. The molecule has 0 spiro atoms. The fourth-order valence-electron chi connectivity index (χ4n) is 1.31. The van der Waals surface area contributed by atoms with E-state index in [1.807, 2.05) is 0 Å². The average Bonchev–Trinajstić information content (AvgIpc) is 2.32. The van der Waals surface area contributed by atoms with Crippen LogP contribution >= 0.6 is 27.7 Å². The first kappa shape index (κ1) is 13.0. The molecule has 2 rings (SSSR count). The Morgan fingerprint density at radius 1 is 1.39 bits per heavy atom. The van der Waals surface area contributed by atoms with Crippen LogP contribution in [-0.4, -0.2) is 16.1 Å². The lowest BCUT2D eigenvalue weighted by molar-refractivity contribution is 0.0693. The molecule has 0 saturated heterocycles. The minimum absolute atomic E-state index is 0.119. The Labute approximate surface area is 115 Å². The number of aromatic carboxylic acids is 1. The van der Waals surface area contributed by atoms with Crippen molar-refractivity contribution in [2.75, 3.05) is 0 Å². The van der Waals surface area contributed by atoms with Crippen molar-refractivity contribution in [1.82, 2.24) is 4.98 Å². The average molecular weight is 328 g/mol. The van der Waals surface area contributed by atoms with Crippen LogP contribution in [0.3, 0.4) is 0 Å². The number of hydrogen-bond donors (Lipinski definition) is 1. The second kappa shape index (κ2) is 5.49. The van der Waals surface area contributed by atoms with Crippen molar-refractivity contribution in [3.63, 3.8) is 0 Å². The van der Waals surface area contributed by atoms with Gasteiger partial charge in [-0.3, -0.25) is 0 Å². The predicted molar refractivity (Wildman–Crippen MR) is 69.4 cm³/mol. The highest BCUT2D eigenvalue weighted by Crippen LogP contribution is 2.32. The van der Waals surface area contributed by atoms with Crippen molar-refractivity contribution in [1.29, 1.82) is 0 Å². The maximum absolute atomic E-state index is 13.5. The standard InChI is InChI=1S/C12H7BrFNO2S/c13-7-3-4-8(12(16)17)10(6-7)18-11-9(14)2-1-5-15-11/h1-6H,(H,16,17). The maximum atomic E-state index is 13.5. The molecule has 18 heavy (non-hydrogen) atoms. The first-order chi connectivity index (χ1) is 8.58. The smallest absolute Gasteiger partial charge is 0.336 e. The molecule has 0 aliphatic carbocycles. The van der Waals surface area contributed by atoms with Gasteiger partial charge >= 0.3 is 5.97 Å². The van der Waals surface area contributed by atoms with Crippen LogP contribution in [0.2, 0.25) is 0 Å². The Balaban J connectivity index is 2.42. The summed E-state index contributed by atoms with van der Waals surface area (Å²) in [6.07, 6.45) is 1.46. The molecule has 1 aromatic carbocycles. The summed E-state index contributed by atoms with van der Waals surface area (Å²) in [5.74, 6) is -1.53. The molecule has 0 aliphatic rings. The molecule has 0 unspecified atom stereocenters. The fourth-order valence-corrected chi connectivity index (χ4v) is 2.76. The number of hydrogen-bond acceptors (Lipinski definition) is 3. The third-order valence-corrected chi connectivity index (χ3v) is 3.65. The number of carbonyl (C=O) groups is 1. The molecule has 3 nitrogen and oxygen atoms in total. The second-order valence-electron chi connectivity index (χ2n) is 3.34. The highest BCUT2D eigenvalue weighted by molar-refractivity contribution is 9.10. The molecule has 0 saturated carbocycles. The van der Waals surface area contributed by atoms with E-state index in [1.54, 1.807) is 12.1 Å². The number of nitrogens with zero attached hydrogens (tertiary/aromatic N) is 1. The number of halogens is 2. The number of carboxylic acids is 1. The van der Waals surface area contributed by atoms with E-state index in [0.717, 1.165) is 16.2 Å². The first-order valence-electron chi connectivity index (χ1n) is 4.89. The third-order valence-electron chi connectivity index (χ3n) is 2.11. The van der Waals surface area contributed by atoms with E-state index in [-0.39, 0.29) is 10.6 Å². The van der Waals surface area contributed by atoms with E-state index in [9.17, 15) is 9.18 Å². The molecule has 1 aromatic heterocycles. The summed E-state index contributed by atoms with van der Waals surface area (Å²) >= 11 is 4.24. The maximum Gasteiger partial charge on any atom is 0.336 e. The van der Waals surface area contributed by atoms with E-state index in [2.05, 4.69) is 20.9 Å². The largest absolute Gasteiger partial charge is 0.478 e. The van der Waals surface area contributed by atoms with E-state index >= 15 is 0 Å². The van der Waals surface area contributed by atoms with Crippen molar-refractivity contribution in [2.24, 2.45) is 0 Å². The van der Waals surface area contributed by atoms with Gasteiger partial charge in [-0.2, -0.15) is 0 Å². The minimum atomic E-state index is -1.05. The molecule has 0 atom stereocenters. The molecule has 1 heterocycles. The van der Waals surface area contributed by atoms with Crippen LogP contribution in [0, 0.1) is 5.82 Å². The molecular formula is C12H7BrFNO2S. The van der Waals surface area contributed by atoms with Gasteiger partial charge in [0.15, 0.2) is 5.82 Å². The van der Waals surface area contributed by atoms with Gasteiger partial charge in [-0.1, -0.05) is 27.7 Å². The van der Waals surface area contributed by atoms with Gasteiger partial charge < -0.3 is 5.11 Å². The molecule has 0 bridgehead atoms. The van der Waals surface area contributed by atoms with E-state index < -0.39 is 11.8 Å². The summed E-state index contributed by atoms with van der Waals surface area (Å²) in [5.41, 5.74) is 0.119. The number of aromatic nitrogens is 1. The number of benzene rings is 1. The third kappa shape index (κ3) is 2.88. The van der Waals surface area contributed by atoms with E-state index in [4.69, 9.17) is 5.11 Å². The van der Waals surface area contributed by atoms with Crippen LogP contribution in [0.4, 0.5) is 4.39 Å². The quantitative estimate of drug-likeness (QED) is 0.930. The Bertz CT molecular complexity index is 606. The van der Waals surface area contributed by atoms with Crippen LogP contribution in [0.1, 0.15) is 10.4 Å². The monoisotopic (exact) mass is 327 g/mol. The van der Waals surface area contributed by atoms with Crippen molar-refractivity contribution in [3.8, 4) is 0 Å². The topological polar surface area (TPSA) is 50.2 Å². The van der Waals surface area contributed by atoms with Gasteiger partial charge in [-0.25, -0.2) is 14.2 Å². The van der Waals surface area contributed by atoms with Crippen LogP contribution in [-0.2, 0) is 0 Å². The Morgan fingerprint density at radius 3 is 2.83 bits per heavy atom. The Kier molecular flexibility index (Phi) is 3.98. The molecule has 6 heteroatoms. The van der Waals surface area contributed by atoms with Gasteiger partial charge in [0, 0.05) is 15.6 Å². The van der Waals surface area contributed by atoms with Crippen molar-refractivity contribution in [3.05, 3.63) is 52.4 Å². The predicted octanol–water partition coefficient (Wildman–Crippen LogP) is 3.83. The van der Waals surface area contributed by atoms with Gasteiger partial charge in [0.25, 0.3) is 0 Å². The van der Waals surface area contributed by atoms with E-state index in [1.165, 1.54) is 24.4 Å². The van der Waals surface area contributed by atoms with Crippen LogP contribution < -0.4 is 0 Å². The number of pyridine rings is 1. The molecule has 0 aliphatic heterocycles. The lowest BCUT2D eigenvalue weighted by atomic mass is 10.2. The SMILES string of the molecule is O=C(O)c1ccc(Br)cc1Sc1ncccc1F. The second-order valence-corrected chi connectivity index (χ2v) is 5.28. The van der Waals surface area contributed by atoms with Crippen molar-refractivity contribution < 1.29 is 14.3 Å². The van der Waals surface area contributed by atoms with Gasteiger partial charge in [-0.15, -0.1) is 0 Å². The summed E-state index contributed by atoms with van der Waals surface area (Å²) in [6.45, 7) is 0. The van der Waals surface area contributed by atoms with Gasteiger partial charge in [0.05, 0.1) is 5.56 Å². The first-order valence-corrected chi connectivity index (χ1v) is 6.50. The van der Waals surface area contributed by atoms with Crippen LogP contribution in [0.5, 0.6) is 0 Å². The molecule has 0 fully saturated rings. The Morgan fingerprint density at radius 2 is 2.17 bits per heavy atom. The summed E-state index contributed by atoms with van der Waals surface area (Å²) < 4.78 is 14.2. The van der Waals surface area contributed by atoms with Gasteiger partial charge in [-0.05, 0) is 30.3 Å². The fraction of sp³-hybridized carbons (Fsp3) is 0. The zero-order valence-corrected chi connectivity index (χ0v) is 11.3. The highest BCUT2D eigenvalue weighted by atomic mass is 79.9. The molecule has 92 valence electrons. The summed E-state index contributed by atoms with van der Waals surface area (Å²) in [4.78, 5) is 15.4. The van der Waals surface area contributed by atoms with Crippen molar-refractivity contribution >= 4 is 33.7 Å². The minimum Gasteiger partial charge on any atom is -0.478 e. The molecular weight excluding hydrogens is 321 g/mol. The molecule has 1 N–H and O–H groups in total. The lowest BCUT2D eigenvalue weighted by Gasteiger charge is -2.06. The summed E-state index contributed by atoms with van der Waals surface area (Å²) in [6, 6.07) is 7.49. The van der Waals surface area contributed by atoms with Gasteiger partial charge in [0.1, 0.15) is 5.03 Å². The van der Waals surface area contributed by atoms with E-state index in [0.29, 0.717) is 4.90 Å². The lowest BCUT2D eigenvalue weighted by Crippen LogP contribution is -1.99. The number of carboxylic acid groups (broad SMARTS) is 1. The summed E-state index contributed by atoms with van der Waals surface area (Å²) in [7, 11) is 0. The summed E-state index contributed by atoms with van der Waals surface area (Å²) in [5, 5.41) is 9.21. The molecule has 0 radical (unpaired) electrons. The van der Waals surface area contributed by atoms with Gasteiger partial charge in [0.2, 0.25) is 0 Å². The van der Waals surface area contributed by atoms with Crippen molar-refractivity contribution in [2.45, 2.75) is 9.92 Å². The van der Waals surface area contributed by atoms with Crippen LogP contribution in [0.25, 0.3) is 0 Å². The zero-order chi connectivity index (χ0) is 13.1. The normalized spacial score (nSPS) is 10.3. The van der Waals surface area contributed by atoms with Crippen LogP contribution in [0.15, 0.2) is 50.9 Å². The zero-order valence-electron chi connectivity index (χ0n) is 8.93.